The molecule has 4 aromatic rings. The number of carboxylic acid groups (broad SMARTS) is 1. The van der Waals surface area contributed by atoms with Gasteiger partial charge in [0.2, 0.25) is 5.89 Å². The van der Waals surface area contributed by atoms with Crippen LogP contribution in [0.25, 0.3) is 11.5 Å². The molecule has 0 aliphatic rings. The van der Waals surface area contributed by atoms with E-state index in [1.54, 1.807) is 36.4 Å². The Morgan fingerprint density at radius 1 is 0.889 bits per heavy atom. The van der Waals surface area contributed by atoms with Crippen molar-refractivity contribution in [1.82, 2.24) is 4.98 Å². The summed E-state index contributed by atoms with van der Waals surface area (Å²) in [7, 11) is 0. The number of primary amides is 1. The van der Waals surface area contributed by atoms with E-state index in [2.05, 4.69) is 4.98 Å². The lowest BCUT2D eigenvalue weighted by molar-refractivity contribution is -0.136. The number of rotatable bonds is 10. The van der Waals surface area contributed by atoms with Gasteiger partial charge >= 0.3 is 5.97 Å². The molecule has 0 bridgehead atoms. The molecule has 1 amide bonds. The smallest absolute Gasteiger partial charge is 0.303 e. The largest absolute Gasteiger partial charge is 0.481 e. The number of benzene rings is 3. The molecule has 7 nitrogen and oxygen atoms in total. The van der Waals surface area contributed by atoms with Crippen LogP contribution in [0.15, 0.2) is 77.4 Å². The first-order valence-corrected chi connectivity index (χ1v) is 11.7. The molecule has 1 aromatic heterocycles. The molecule has 0 spiro atoms. The van der Waals surface area contributed by atoms with Crippen LogP contribution < -0.4 is 5.73 Å². The van der Waals surface area contributed by atoms with Gasteiger partial charge in [-0.25, -0.2) is 4.98 Å². The minimum atomic E-state index is -0.978. The van der Waals surface area contributed by atoms with Gasteiger partial charge in [-0.2, -0.15) is 0 Å². The molecule has 8 heteroatoms. The van der Waals surface area contributed by atoms with Crippen LogP contribution in [0, 0.1) is 0 Å². The number of nitrogens with two attached hydrogens (primary N) is 1. The number of aliphatic carboxylic acids is 1. The van der Waals surface area contributed by atoms with E-state index >= 15 is 0 Å². The molecule has 0 aliphatic carbocycles. The van der Waals surface area contributed by atoms with Gasteiger partial charge in [-0.15, -0.1) is 0 Å². The highest BCUT2D eigenvalue weighted by atomic mass is 35.5. The Balaban J connectivity index is 1.87. The molecule has 0 saturated carbocycles. The molecule has 0 fully saturated rings. The van der Waals surface area contributed by atoms with Gasteiger partial charge in [-0.3, -0.25) is 14.4 Å². The molecular formula is C28H23ClN2O5. The predicted molar refractivity (Wildman–Crippen MR) is 135 cm³/mol. The SMILES string of the molecule is NC(=O)c1coc(-c2c(CCc3ccc(Cl)cc3)ccc(CCC(=O)O)c2C(=O)c2ccccc2)n1. The quantitative estimate of drug-likeness (QED) is 0.290. The highest BCUT2D eigenvalue weighted by Gasteiger charge is 2.26. The normalized spacial score (nSPS) is 10.8. The van der Waals surface area contributed by atoms with Crippen LogP contribution in [0.5, 0.6) is 0 Å². The van der Waals surface area contributed by atoms with Gasteiger partial charge in [0.15, 0.2) is 11.5 Å². The summed E-state index contributed by atoms with van der Waals surface area (Å²) in [6.07, 6.45) is 2.30. The molecule has 1 heterocycles. The van der Waals surface area contributed by atoms with Crippen molar-refractivity contribution in [1.29, 1.82) is 0 Å². The topological polar surface area (TPSA) is 123 Å². The van der Waals surface area contributed by atoms with Crippen molar-refractivity contribution in [2.75, 3.05) is 0 Å². The number of nitrogens with zero attached hydrogens (tertiary/aromatic N) is 1. The van der Waals surface area contributed by atoms with Crippen molar-refractivity contribution in [3.05, 3.63) is 112 Å². The Morgan fingerprint density at radius 3 is 2.22 bits per heavy atom. The summed E-state index contributed by atoms with van der Waals surface area (Å²) < 4.78 is 5.63. The van der Waals surface area contributed by atoms with E-state index in [9.17, 15) is 19.5 Å². The number of ketones is 1. The maximum Gasteiger partial charge on any atom is 0.303 e. The fourth-order valence-electron chi connectivity index (χ4n) is 4.02. The van der Waals surface area contributed by atoms with E-state index in [1.165, 1.54) is 0 Å². The number of carboxylic acids is 1. The molecular weight excluding hydrogens is 480 g/mol. The summed E-state index contributed by atoms with van der Waals surface area (Å²) in [5.74, 6) is -1.95. The number of carbonyl (C=O) groups excluding carboxylic acids is 2. The zero-order chi connectivity index (χ0) is 25.7. The van der Waals surface area contributed by atoms with Gasteiger partial charge in [0.25, 0.3) is 5.91 Å². The Kier molecular flexibility index (Phi) is 7.61. The Morgan fingerprint density at radius 2 is 1.58 bits per heavy atom. The summed E-state index contributed by atoms with van der Waals surface area (Å²) >= 11 is 6.01. The van der Waals surface area contributed by atoms with E-state index in [1.807, 2.05) is 30.3 Å². The molecule has 3 aromatic carbocycles. The van der Waals surface area contributed by atoms with Gasteiger partial charge in [-0.05, 0) is 48.1 Å². The van der Waals surface area contributed by atoms with E-state index in [0.29, 0.717) is 40.1 Å². The van der Waals surface area contributed by atoms with Crippen molar-refractivity contribution in [3.8, 4) is 11.5 Å². The standard InChI is InChI=1S/C28H23ClN2O5/c29-21-13-7-17(8-14-21)6-9-19-11-10-18(12-15-23(32)33)24(26(34)20-4-2-1-3-5-20)25(19)28-31-22(16-36-28)27(30)35/h1-5,7-8,10-11,13-14,16H,6,9,12,15H2,(H2,30,35)(H,32,33). The third-order valence-corrected chi connectivity index (χ3v) is 6.07. The summed E-state index contributed by atoms with van der Waals surface area (Å²) in [5.41, 5.74) is 8.84. The van der Waals surface area contributed by atoms with Crippen LogP contribution in [0.2, 0.25) is 5.02 Å². The number of hydrogen-bond acceptors (Lipinski definition) is 5. The molecule has 0 saturated heterocycles. The highest BCUT2D eigenvalue weighted by molar-refractivity contribution is 6.30. The molecule has 0 unspecified atom stereocenters. The van der Waals surface area contributed by atoms with Crippen LogP contribution >= 0.6 is 11.6 Å². The van der Waals surface area contributed by atoms with E-state index in [4.69, 9.17) is 21.8 Å². The first-order valence-electron chi connectivity index (χ1n) is 11.3. The minimum absolute atomic E-state index is 0.0669. The molecule has 4 rings (SSSR count). The fraction of sp³-hybridized carbons (Fsp3) is 0.143. The fourth-order valence-corrected chi connectivity index (χ4v) is 4.14. The van der Waals surface area contributed by atoms with Crippen LogP contribution in [-0.2, 0) is 24.1 Å². The summed E-state index contributed by atoms with van der Waals surface area (Å²) in [6, 6.07) is 19.8. The minimum Gasteiger partial charge on any atom is -0.481 e. The monoisotopic (exact) mass is 502 g/mol. The number of aromatic nitrogens is 1. The first-order chi connectivity index (χ1) is 17.3. The van der Waals surface area contributed by atoms with Gasteiger partial charge < -0.3 is 15.3 Å². The van der Waals surface area contributed by atoms with E-state index in [-0.39, 0.29) is 30.2 Å². The Labute approximate surface area is 212 Å². The van der Waals surface area contributed by atoms with Crippen LogP contribution in [0.3, 0.4) is 0 Å². The Bertz CT molecular complexity index is 1410. The number of amides is 1. The van der Waals surface area contributed by atoms with Crippen molar-refractivity contribution in [3.63, 3.8) is 0 Å². The maximum atomic E-state index is 13.8. The number of aryl methyl sites for hydroxylation is 3. The third-order valence-electron chi connectivity index (χ3n) is 5.82. The molecule has 3 N–H and O–H groups in total. The summed E-state index contributed by atoms with van der Waals surface area (Å²) in [6.45, 7) is 0. The molecule has 0 atom stereocenters. The van der Waals surface area contributed by atoms with E-state index < -0.39 is 11.9 Å². The van der Waals surface area contributed by atoms with Crippen molar-refractivity contribution in [2.24, 2.45) is 5.73 Å². The number of carbonyl (C=O) groups is 3. The third kappa shape index (κ3) is 5.70. The Hall–Kier alpha value is -4.23. The van der Waals surface area contributed by atoms with Gasteiger partial charge in [0.1, 0.15) is 6.26 Å². The molecule has 36 heavy (non-hydrogen) atoms. The second kappa shape index (κ2) is 11.0. The average Bonchev–Trinajstić information content (AvgIpc) is 3.37. The highest BCUT2D eigenvalue weighted by Crippen LogP contribution is 2.33. The number of oxazole rings is 1. The molecule has 0 aliphatic heterocycles. The summed E-state index contributed by atoms with van der Waals surface area (Å²) in [4.78, 5) is 41.1. The molecule has 0 radical (unpaired) electrons. The number of halogens is 1. The zero-order valence-electron chi connectivity index (χ0n) is 19.2. The van der Waals surface area contributed by atoms with Crippen molar-refractivity contribution < 1.29 is 23.9 Å². The number of hydrogen-bond donors (Lipinski definition) is 2. The predicted octanol–water partition coefficient (Wildman–Crippen LogP) is 5.13. The van der Waals surface area contributed by atoms with Gasteiger partial charge in [0.05, 0.1) is 5.56 Å². The van der Waals surface area contributed by atoms with Crippen LogP contribution in [-0.4, -0.2) is 27.8 Å². The second-order valence-electron chi connectivity index (χ2n) is 8.25. The molecule has 182 valence electrons. The first kappa shape index (κ1) is 24.9. The van der Waals surface area contributed by atoms with Gasteiger partial charge in [-0.1, -0.05) is 66.2 Å². The lowest BCUT2D eigenvalue weighted by Gasteiger charge is -2.17. The lowest BCUT2D eigenvalue weighted by Crippen LogP contribution is -2.13. The van der Waals surface area contributed by atoms with Gasteiger partial charge in [0, 0.05) is 22.6 Å². The van der Waals surface area contributed by atoms with Crippen molar-refractivity contribution >= 4 is 29.3 Å². The van der Waals surface area contributed by atoms with E-state index in [0.717, 1.165) is 17.4 Å². The van der Waals surface area contributed by atoms with Crippen LogP contribution in [0.4, 0.5) is 0 Å². The average molecular weight is 503 g/mol. The summed E-state index contributed by atoms with van der Waals surface area (Å²) in [5, 5.41) is 9.92. The van der Waals surface area contributed by atoms with Crippen LogP contribution in [0.1, 0.15) is 49.5 Å². The zero-order valence-corrected chi connectivity index (χ0v) is 20.0. The maximum absolute atomic E-state index is 13.8. The lowest BCUT2D eigenvalue weighted by atomic mass is 9.86. The second-order valence-corrected chi connectivity index (χ2v) is 8.69. The van der Waals surface area contributed by atoms with Crippen molar-refractivity contribution in [2.45, 2.75) is 25.7 Å².